The molecule has 0 saturated heterocycles. The summed E-state index contributed by atoms with van der Waals surface area (Å²) in [5.74, 6) is -0.973. The summed E-state index contributed by atoms with van der Waals surface area (Å²) in [4.78, 5) is 11.7. The second-order valence-electron chi connectivity index (χ2n) is 4.54. The highest BCUT2D eigenvalue weighted by atomic mass is 32.2. The highest BCUT2D eigenvalue weighted by molar-refractivity contribution is 7.99. The van der Waals surface area contributed by atoms with E-state index in [0.29, 0.717) is 18.2 Å². The van der Waals surface area contributed by atoms with Crippen LogP contribution in [0.25, 0.3) is 0 Å². The Morgan fingerprint density at radius 2 is 2.05 bits per heavy atom. The summed E-state index contributed by atoms with van der Waals surface area (Å²) in [5.41, 5.74) is -1.63. The van der Waals surface area contributed by atoms with Gasteiger partial charge in [0.15, 0.2) is 0 Å². The Bertz CT molecular complexity index is 521. The van der Waals surface area contributed by atoms with Gasteiger partial charge in [-0.25, -0.2) is 9.18 Å². The topological polar surface area (TPSA) is 61.4 Å². The minimum atomic E-state index is -4.63. The van der Waals surface area contributed by atoms with Crippen LogP contribution in [0.3, 0.4) is 0 Å². The van der Waals surface area contributed by atoms with Crippen LogP contribution in [-0.2, 0) is 6.18 Å². The van der Waals surface area contributed by atoms with E-state index in [1.54, 1.807) is 13.2 Å². The predicted octanol–water partition coefficient (Wildman–Crippen LogP) is 3.08. The number of urea groups is 1. The number of nitrogens with one attached hydrogen (secondary N) is 2. The molecule has 0 unspecified atom stereocenters. The Morgan fingerprint density at radius 3 is 2.55 bits per heavy atom. The van der Waals surface area contributed by atoms with Gasteiger partial charge in [-0.1, -0.05) is 0 Å². The molecule has 0 heterocycles. The highest BCUT2D eigenvalue weighted by Gasteiger charge is 2.31. The average molecular weight is 340 g/mol. The van der Waals surface area contributed by atoms with Crippen molar-refractivity contribution >= 4 is 23.5 Å². The van der Waals surface area contributed by atoms with Crippen molar-refractivity contribution in [2.75, 3.05) is 18.2 Å². The van der Waals surface area contributed by atoms with E-state index < -0.39 is 35.3 Å². The minimum absolute atomic E-state index is 0.180. The van der Waals surface area contributed by atoms with E-state index in [2.05, 4.69) is 5.32 Å². The van der Waals surface area contributed by atoms with Gasteiger partial charge in [-0.3, -0.25) is 0 Å². The molecule has 9 heteroatoms. The number of anilines is 1. The number of aliphatic hydroxyl groups excluding tert-OH is 1. The maximum Gasteiger partial charge on any atom is 0.416 e. The van der Waals surface area contributed by atoms with Gasteiger partial charge in [-0.2, -0.15) is 24.9 Å². The van der Waals surface area contributed by atoms with Crippen molar-refractivity contribution in [1.82, 2.24) is 5.32 Å². The maximum absolute atomic E-state index is 13.5. The molecule has 0 aliphatic rings. The lowest BCUT2D eigenvalue weighted by molar-refractivity contribution is -0.137. The molecule has 3 N–H and O–H groups in total. The molecule has 0 saturated carbocycles. The molecule has 0 bridgehead atoms. The third-order valence-corrected chi connectivity index (χ3v) is 4.10. The number of carbonyl (C=O) groups is 1. The Labute approximate surface area is 129 Å². The van der Waals surface area contributed by atoms with Gasteiger partial charge < -0.3 is 15.7 Å². The highest BCUT2D eigenvalue weighted by Crippen LogP contribution is 2.31. The summed E-state index contributed by atoms with van der Waals surface area (Å²) in [6.07, 6.45) is -2.89. The fourth-order valence-corrected chi connectivity index (χ4v) is 2.32. The van der Waals surface area contributed by atoms with Crippen LogP contribution in [0.4, 0.5) is 28.0 Å². The number of alkyl halides is 3. The molecule has 2 atom stereocenters. The lowest BCUT2D eigenvalue weighted by Crippen LogP contribution is -2.43. The molecule has 1 aromatic carbocycles. The van der Waals surface area contributed by atoms with E-state index in [1.165, 1.54) is 11.8 Å². The molecule has 0 aromatic heterocycles. The number of carbonyl (C=O) groups excluding carboxylic acids is 1. The first kappa shape index (κ1) is 18.6. The van der Waals surface area contributed by atoms with Crippen molar-refractivity contribution in [3.8, 4) is 0 Å². The number of aliphatic hydroxyl groups is 1. The molecule has 0 aliphatic heterocycles. The van der Waals surface area contributed by atoms with Crippen LogP contribution in [0, 0.1) is 5.82 Å². The Morgan fingerprint density at radius 1 is 1.41 bits per heavy atom. The van der Waals surface area contributed by atoms with E-state index in [9.17, 15) is 22.4 Å². The van der Waals surface area contributed by atoms with Crippen LogP contribution in [-0.4, -0.2) is 35.3 Å². The smallest absolute Gasteiger partial charge is 0.395 e. The summed E-state index contributed by atoms with van der Waals surface area (Å²) in [5, 5.41) is 13.3. The summed E-state index contributed by atoms with van der Waals surface area (Å²) in [7, 11) is 0. The summed E-state index contributed by atoms with van der Waals surface area (Å²) < 4.78 is 51.2. The summed E-state index contributed by atoms with van der Waals surface area (Å²) in [6.45, 7) is 1.44. The molecule has 0 aliphatic carbocycles. The molecule has 0 fully saturated rings. The van der Waals surface area contributed by atoms with Crippen LogP contribution < -0.4 is 10.6 Å². The van der Waals surface area contributed by atoms with Gasteiger partial charge in [0, 0.05) is 11.3 Å². The van der Waals surface area contributed by atoms with Gasteiger partial charge in [-0.15, -0.1) is 0 Å². The summed E-state index contributed by atoms with van der Waals surface area (Å²) >= 11 is 1.32. The van der Waals surface area contributed by atoms with Crippen LogP contribution in [0.15, 0.2) is 18.2 Å². The molecule has 1 rings (SSSR count). The predicted molar refractivity (Wildman–Crippen MR) is 77.4 cm³/mol. The van der Waals surface area contributed by atoms with Gasteiger partial charge in [0.05, 0.1) is 17.9 Å². The van der Waals surface area contributed by atoms with Gasteiger partial charge >= 0.3 is 12.2 Å². The quantitative estimate of drug-likeness (QED) is 0.722. The normalized spacial score (nSPS) is 14.3. The lowest BCUT2D eigenvalue weighted by atomic mass is 10.2. The van der Waals surface area contributed by atoms with Crippen molar-refractivity contribution in [2.45, 2.75) is 24.4 Å². The number of rotatable bonds is 5. The zero-order valence-electron chi connectivity index (χ0n) is 11.9. The molecule has 2 amide bonds. The molecule has 0 radical (unpaired) electrons. The average Bonchev–Trinajstić information content (AvgIpc) is 2.41. The monoisotopic (exact) mass is 340 g/mol. The van der Waals surface area contributed by atoms with Crippen LogP contribution >= 0.6 is 11.8 Å². The molecule has 124 valence electrons. The first-order valence-corrected chi connectivity index (χ1v) is 7.55. The second-order valence-corrected chi connectivity index (χ2v) is 5.61. The third kappa shape index (κ3) is 5.06. The Kier molecular flexibility index (Phi) is 6.48. The molecular formula is C13H16F4N2O2S. The van der Waals surface area contributed by atoms with Gasteiger partial charge in [0.2, 0.25) is 0 Å². The van der Waals surface area contributed by atoms with Gasteiger partial charge in [-0.05, 0) is 31.4 Å². The van der Waals surface area contributed by atoms with E-state index in [4.69, 9.17) is 5.11 Å². The van der Waals surface area contributed by atoms with Gasteiger partial charge in [0.1, 0.15) is 5.82 Å². The Balaban J connectivity index is 2.80. The summed E-state index contributed by atoms with van der Waals surface area (Å²) in [6, 6.07) is 0.459. The maximum atomic E-state index is 13.5. The van der Waals surface area contributed by atoms with Crippen molar-refractivity contribution in [3.63, 3.8) is 0 Å². The van der Waals surface area contributed by atoms with Crippen LogP contribution in [0.2, 0.25) is 0 Å². The fraction of sp³-hybridized carbons (Fsp3) is 0.462. The van der Waals surface area contributed by atoms with E-state index in [1.807, 2.05) is 5.32 Å². The van der Waals surface area contributed by atoms with Crippen molar-refractivity contribution < 1.29 is 27.5 Å². The molecule has 1 aromatic rings. The molecule has 4 nitrogen and oxygen atoms in total. The molecule has 0 spiro atoms. The number of hydrogen-bond acceptors (Lipinski definition) is 3. The van der Waals surface area contributed by atoms with Crippen LogP contribution in [0.1, 0.15) is 12.5 Å². The van der Waals surface area contributed by atoms with Crippen LogP contribution in [0.5, 0.6) is 0 Å². The third-order valence-electron chi connectivity index (χ3n) is 2.94. The van der Waals surface area contributed by atoms with Crippen molar-refractivity contribution in [1.29, 1.82) is 0 Å². The van der Waals surface area contributed by atoms with E-state index >= 15 is 0 Å². The zero-order valence-corrected chi connectivity index (χ0v) is 12.7. The minimum Gasteiger partial charge on any atom is -0.395 e. The van der Waals surface area contributed by atoms with Crippen molar-refractivity contribution in [2.24, 2.45) is 0 Å². The van der Waals surface area contributed by atoms with Gasteiger partial charge in [0.25, 0.3) is 0 Å². The first-order valence-electron chi connectivity index (χ1n) is 6.27. The van der Waals surface area contributed by atoms with Crippen molar-refractivity contribution in [3.05, 3.63) is 29.6 Å². The number of amides is 2. The number of thioether (sulfide) groups is 1. The first-order chi connectivity index (χ1) is 10.2. The number of hydrogen-bond donors (Lipinski definition) is 3. The molecule has 22 heavy (non-hydrogen) atoms. The number of benzene rings is 1. The largest absolute Gasteiger partial charge is 0.416 e. The standard InChI is InChI=1S/C13H16F4N2O2S/c1-7(11(6-20)22-2)18-12(21)19-10-5-8(13(15,16)17)3-4-9(10)14/h3-5,7,11,20H,6H2,1-2H3,(H2,18,19,21)/t7-,11+/m1/s1. The Hall–Kier alpha value is -1.48. The fourth-order valence-electron chi connectivity index (χ4n) is 1.69. The lowest BCUT2D eigenvalue weighted by Gasteiger charge is -2.21. The number of halogens is 4. The zero-order chi connectivity index (χ0) is 16.9. The second kappa shape index (κ2) is 7.68. The molecular weight excluding hydrogens is 324 g/mol. The van der Waals surface area contributed by atoms with E-state index in [0.717, 1.165) is 0 Å². The van der Waals surface area contributed by atoms with E-state index in [-0.39, 0.29) is 11.9 Å². The SMILES string of the molecule is CS[C@@H](CO)[C@@H](C)NC(=O)Nc1cc(C(F)(F)F)ccc1F.